The van der Waals surface area contributed by atoms with Crippen molar-refractivity contribution in [3.63, 3.8) is 0 Å². The lowest BCUT2D eigenvalue weighted by atomic mass is 10.2. The summed E-state index contributed by atoms with van der Waals surface area (Å²) in [7, 11) is 1.71. The Kier molecular flexibility index (Phi) is 4.22. The molecule has 2 aromatic heterocycles. The zero-order chi connectivity index (χ0) is 14.5. The molecule has 102 valence electrons. The van der Waals surface area contributed by atoms with Crippen molar-refractivity contribution in [3.05, 3.63) is 44.5 Å². The van der Waals surface area contributed by atoms with E-state index in [4.69, 9.17) is 5.26 Å². The van der Waals surface area contributed by atoms with Crippen LogP contribution in [-0.2, 0) is 6.42 Å². The molecule has 7 nitrogen and oxygen atoms in total. The first-order chi connectivity index (χ1) is 9.63. The van der Waals surface area contributed by atoms with E-state index in [-0.39, 0.29) is 17.1 Å². The molecule has 2 rings (SSSR count). The van der Waals surface area contributed by atoms with Gasteiger partial charge in [-0.1, -0.05) is 0 Å². The predicted molar refractivity (Wildman–Crippen MR) is 74.7 cm³/mol. The minimum absolute atomic E-state index is 0.0149. The van der Waals surface area contributed by atoms with Gasteiger partial charge in [-0.15, -0.1) is 11.3 Å². The Bertz CT molecular complexity index is 650. The van der Waals surface area contributed by atoms with Crippen molar-refractivity contribution < 1.29 is 4.92 Å². The summed E-state index contributed by atoms with van der Waals surface area (Å²) in [5.41, 5.74) is -0.238. The maximum absolute atomic E-state index is 11.1. The van der Waals surface area contributed by atoms with Gasteiger partial charge in [-0.05, 0) is 6.07 Å². The second-order valence-electron chi connectivity index (χ2n) is 4.00. The van der Waals surface area contributed by atoms with Gasteiger partial charge in [0.15, 0.2) is 0 Å². The van der Waals surface area contributed by atoms with Crippen LogP contribution in [-0.4, -0.2) is 28.5 Å². The molecule has 2 aromatic rings. The van der Waals surface area contributed by atoms with Crippen molar-refractivity contribution in [2.75, 3.05) is 18.5 Å². The smallest absolute Gasteiger partial charge is 0.329 e. The number of hydrogen-bond donors (Lipinski definition) is 0. The Labute approximate surface area is 119 Å². The molecule has 0 fully saturated rings. The zero-order valence-corrected chi connectivity index (χ0v) is 11.5. The average molecular weight is 289 g/mol. The monoisotopic (exact) mass is 289 g/mol. The summed E-state index contributed by atoms with van der Waals surface area (Å²) in [4.78, 5) is 20.4. The minimum Gasteiger partial charge on any atom is -0.353 e. The van der Waals surface area contributed by atoms with Crippen LogP contribution >= 0.6 is 11.3 Å². The molecule has 0 unspecified atom stereocenters. The van der Waals surface area contributed by atoms with Gasteiger partial charge in [0.05, 0.1) is 9.93 Å². The quantitative estimate of drug-likeness (QED) is 0.617. The number of nitrogens with zero attached hydrogens (tertiary/aromatic N) is 5. The first kappa shape index (κ1) is 13.9. The summed E-state index contributed by atoms with van der Waals surface area (Å²) < 4.78 is 0. The summed E-state index contributed by atoms with van der Waals surface area (Å²) in [5.74, 6) is 0.200. The van der Waals surface area contributed by atoms with Crippen molar-refractivity contribution in [1.29, 1.82) is 5.26 Å². The fourth-order valence-corrected chi connectivity index (χ4v) is 2.35. The Hall–Kier alpha value is -2.53. The predicted octanol–water partition coefficient (Wildman–Crippen LogP) is 2.00. The highest BCUT2D eigenvalue weighted by Gasteiger charge is 2.23. The molecule has 20 heavy (non-hydrogen) atoms. The van der Waals surface area contributed by atoms with Crippen LogP contribution in [0, 0.1) is 21.4 Å². The first-order valence-corrected chi connectivity index (χ1v) is 6.64. The van der Waals surface area contributed by atoms with E-state index in [2.05, 4.69) is 9.97 Å². The van der Waals surface area contributed by atoms with Gasteiger partial charge in [0, 0.05) is 37.8 Å². The highest BCUT2D eigenvalue weighted by Crippen LogP contribution is 2.28. The standard InChI is InChI=1S/C12H11N5O2S/c1-16(6-3-10-14-5-7-20-10)12-11(17(18)19)9(8-13)2-4-15-12/h2,4-5,7H,3,6H2,1H3. The lowest BCUT2D eigenvalue weighted by molar-refractivity contribution is -0.384. The van der Waals surface area contributed by atoms with E-state index in [0.29, 0.717) is 13.0 Å². The van der Waals surface area contributed by atoms with Gasteiger partial charge >= 0.3 is 5.69 Å². The van der Waals surface area contributed by atoms with E-state index in [0.717, 1.165) is 5.01 Å². The van der Waals surface area contributed by atoms with Crippen molar-refractivity contribution in [2.24, 2.45) is 0 Å². The molecule has 0 aliphatic heterocycles. The van der Waals surface area contributed by atoms with Gasteiger partial charge in [0.2, 0.25) is 5.82 Å². The molecule has 0 bridgehead atoms. The number of thiazole rings is 1. The average Bonchev–Trinajstić information content (AvgIpc) is 2.96. The molecule has 0 aliphatic rings. The van der Waals surface area contributed by atoms with Gasteiger partial charge in [0.25, 0.3) is 0 Å². The second-order valence-corrected chi connectivity index (χ2v) is 4.98. The SMILES string of the molecule is CN(CCc1nccs1)c1nccc(C#N)c1[N+](=O)[O-]. The molecule has 0 saturated heterocycles. The van der Waals surface area contributed by atoms with E-state index in [9.17, 15) is 10.1 Å². The maximum Gasteiger partial charge on any atom is 0.329 e. The molecule has 0 saturated carbocycles. The Morgan fingerprint density at radius 2 is 2.30 bits per heavy atom. The Morgan fingerprint density at radius 1 is 1.50 bits per heavy atom. The third-order valence-corrected chi connectivity index (χ3v) is 3.55. The van der Waals surface area contributed by atoms with Gasteiger partial charge in [0.1, 0.15) is 11.6 Å². The number of aromatic nitrogens is 2. The molecular weight excluding hydrogens is 278 g/mol. The summed E-state index contributed by atoms with van der Waals surface area (Å²) in [6.07, 6.45) is 3.79. The maximum atomic E-state index is 11.1. The second kappa shape index (κ2) is 6.08. The van der Waals surface area contributed by atoms with Crippen LogP contribution in [0.1, 0.15) is 10.6 Å². The number of nitriles is 1. The number of hydrogen-bond acceptors (Lipinski definition) is 7. The number of nitro groups is 1. The van der Waals surface area contributed by atoms with Gasteiger partial charge in [-0.3, -0.25) is 10.1 Å². The lowest BCUT2D eigenvalue weighted by Crippen LogP contribution is -2.22. The summed E-state index contributed by atoms with van der Waals surface area (Å²) in [6, 6.07) is 3.17. The third-order valence-electron chi connectivity index (χ3n) is 2.71. The van der Waals surface area contributed by atoms with Gasteiger partial charge in [-0.2, -0.15) is 5.26 Å². The van der Waals surface area contributed by atoms with Crippen LogP contribution in [0.3, 0.4) is 0 Å². The van der Waals surface area contributed by atoms with Crippen LogP contribution in [0.5, 0.6) is 0 Å². The largest absolute Gasteiger partial charge is 0.353 e. The first-order valence-electron chi connectivity index (χ1n) is 5.76. The molecule has 0 aromatic carbocycles. The minimum atomic E-state index is -0.569. The number of anilines is 1. The molecule has 0 spiro atoms. The summed E-state index contributed by atoms with van der Waals surface area (Å²) in [6.45, 7) is 0.538. The molecule has 0 aliphatic carbocycles. The van der Waals surface area contributed by atoms with Crippen molar-refractivity contribution in [2.45, 2.75) is 6.42 Å². The van der Waals surface area contributed by atoms with E-state index < -0.39 is 4.92 Å². The molecule has 8 heteroatoms. The zero-order valence-electron chi connectivity index (χ0n) is 10.7. The third kappa shape index (κ3) is 2.89. The molecule has 0 radical (unpaired) electrons. The molecule has 2 heterocycles. The van der Waals surface area contributed by atoms with Crippen LogP contribution in [0.15, 0.2) is 23.8 Å². The highest BCUT2D eigenvalue weighted by molar-refractivity contribution is 7.09. The van der Waals surface area contributed by atoms with E-state index >= 15 is 0 Å². The normalized spacial score (nSPS) is 10.0. The Morgan fingerprint density at radius 3 is 2.90 bits per heavy atom. The van der Waals surface area contributed by atoms with Crippen LogP contribution in [0.4, 0.5) is 11.5 Å². The highest BCUT2D eigenvalue weighted by atomic mass is 32.1. The number of likely N-dealkylation sites (N-methyl/N-ethyl adjacent to an activating group) is 1. The van der Waals surface area contributed by atoms with E-state index in [1.165, 1.54) is 23.6 Å². The molecule has 0 amide bonds. The summed E-state index contributed by atoms with van der Waals surface area (Å²) >= 11 is 1.53. The molecule has 0 N–H and O–H groups in total. The molecular formula is C12H11N5O2S. The topological polar surface area (TPSA) is 96.0 Å². The van der Waals surface area contributed by atoms with Crippen molar-refractivity contribution in [1.82, 2.24) is 9.97 Å². The van der Waals surface area contributed by atoms with Crippen LogP contribution in [0.2, 0.25) is 0 Å². The van der Waals surface area contributed by atoms with E-state index in [1.54, 1.807) is 18.1 Å². The Balaban J connectivity index is 2.23. The fraction of sp³-hybridized carbons (Fsp3) is 0.250. The summed E-state index contributed by atoms with van der Waals surface area (Å²) in [5, 5.41) is 22.9. The van der Waals surface area contributed by atoms with Crippen molar-refractivity contribution >= 4 is 22.8 Å². The van der Waals surface area contributed by atoms with Gasteiger partial charge in [-0.25, -0.2) is 9.97 Å². The van der Waals surface area contributed by atoms with Gasteiger partial charge < -0.3 is 4.90 Å². The van der Waals surface area contributed by atoms with Crippen LogP contribution < -0.4 is 4.90 Å². The molecule has 0 atom stereocenters. The number of pyridine rings is 1. The lowest BCUT2D eigenvalue weighted by Gasteiger charge is -2.17. The van der Waals surface area contributed by atoms with E-state index in [1.807, 2.05) is 11.4 Å². The van der Waals surface area contributed by atoms with Crippen LogP contribution in [0.25, 0.3) is 0 Å². The van der Waals surface area contributed by atoms with Crippen molar-refractivity contribution in [3.8, 4) is 6.07 Å². The fourth-order valence-electron chi connectivity index (χ4n) is 1.74. The number of rotatable bonds is 5.